The van der Waals surface area contributed by atoms with Crippen molar-refractivity contribution in [2.45, 2.75) is 31.8 Å². The second kappa shape index (κ2) is 8.55. The fraction of sp³-hybridized carbons (Fsp3) is 0.333. The van der Waals surface area contributed by atoms with Crippen LogP contribution in [0.25, 0.3) is 0 Å². The fourth-order valence-electron chi connectivity index (χ4n) is 4.85. The molecule has 1 unspecified atom stereocenters. The maximum Gasteiger partial charge on any atom is 0.317 e. The van der Waals surface area contributed by atoms with Gasteiger partial charge in [0.1, 0.15) is 5.82 Å². The zero-order chi connectivity index (χ0) is 23.0. The maximum atomic E-state index is 13.4. The molecular weight excluding hydrogens is 441 g/mol. The van der Waals surface area contributed by atoms with Crippen molar-refractivity contribution < 1.29 is 14.0 Å². The lowest BCUT2D eigenvalue weighted by Gasteiger charge is -2.57. The van der Waals surface area contributed by atoms with Crippen LogP contribution in [0.15, 0.2) is 60.2 Å². The van der Waals surface area contributed by atoms with Gasteiger partial charge in [0.25, 0.3) is 0 Å². The number of urea groups is 1. The third-order valence-electron chi connectivity index (χ3n) is 6.67. The molecule has 7 nitrogen and oxygen atoms in total. The van der Waals surface area contributed by atoms with Crippen molar-refractivity contribution in [2.24, 2.45) is 5.41 Å². The molecule has 2 aromatic heterocycles. The molecule has 0 aliphatic carbocycles. The van der Waals surface area contributed by atoms with Crippen molar-refractivity contribution in [3.05, 3.63) is 77.3 Å². The quantitative estimate of drug-likeness (QED) is 0.582. The first-order valence-corrected chi connectivity index (χ1v) is 11.8. The van der Waals surface area contributed by atoms with Gasteiger partial charge in [-0.15, -0.1) is 11.3 Å². The average Bonchev–Trinajstić information content (AvgIpc) is 3.37. The lowest BCUT2D eigenvalue weighted by molar-refractivity contribution is -0.144. The Kier molecular flexibility index (Phi) is 5.57. The zero-order valence-electron chi connectivity index (χ0n) is 18.1. The number of anilines is 1. The van der Waals surface area contributed by atoms with Crippen LogP contribution in [0.2, 0.25) is 0 Å². The number of carbonyl (C=O) groups is 2. The summed E-state index contributed by atoms with van der Waals surface area (Å²) in [4.78, 5) is 38.7. The smallest absolute Gasteiger partial charge is 0.317 e. The molecule has 3 amide bonds. The summed E-state index contributed by atoms with van der Waals surface area (Å²) >= 11 is 1.44. The van der Waals surface area contributed by atoms with Crippen molar-refractivity contribution in [2.75, 3.05) is 18.0 Å². The molecule has 4 heterocycles. The number of hydrogen-bond donors (Lipinski definition) is 1. The number of aromatic nitrogens is 2. The molecular formula is C24H24FN5O2S. The van der Waals surface area contributed by atoms with E-state index in [1.807, 2.05) is 30.5 Å². The Balaban J connectivity index is 1.30. The molecule has 2 aliphatic rings. The van der Waals surface area contributed by atoms with E-state index >= 15 is 0 Å². The van der Waals surface area contributed by atoms with E-state index in [1.165, 1.54) is 23.5 Å². The third kappa shape index (κ3) is 3.76. The van der Waals surface area contributed by atoms with E-state index in [1.54, 1.807) is 34.3 Å². The second-order valence-electron chi connectivity index (χ2n) is 8.51. The minimum Gasteiger partial charge on any atom is -0.331 e. The molecule has 2 atom stereocenters. The zero-order valence-corrected chi connectivity index (χ0v) is 19.0. The highest BCUT2D eigenvalue weighted by molar-refractivity contribution is 7.13. The van der Waals surface area contributed by atoms with Crippen molar-refractivity contribution in [1.82, 2.24) is 20.2 Å². The van der Waals surface area contributed by atoms with Gasteiger partial charge in [-0.05, 0) is 49.6 Å². The topological polar surface area (TPSA) is 78.4 Å². The van der Waals surface area contributed by atoms with Gasteiger partial charge < -0.3 is 10.2 Å². The Morgan fingerprint density at radius 2 is 1.91 bits per heavy atom. The first-order valence-electron chi connectivity index (χ1n) is 10.9. The summed E-state index contributed by atoms with van der Waals surface area (Å²) in [6.07, 6.45) is 4.56. The average molecular weight is 466 g/mol. The summed E-state index contributed by atoms with van der Waals surface area (Å²) in [6.45, 7) is 2.82. The molecule has 2 aliphatic heterocycles. The Hall–Kier alpha value is -3.33. The number of pyridine rings is 1. The molecule has 5 rings (SSSR count). The van der Waals surface area contributed by atoms with Crippen LogP contribution in [0.5, 0.6) is 0 Å². The predicted octanol–water partition coefficient (Wildman–Crippen LogP) is 4.32. The molecule has 0 radical (unpaired) electrons. The van der Waals surface area contributed by atoms with Gasteiger partial charge in [0.05, 0.1) is 23.2 Å². The summed E-state index contributed by atoms with van der Waals surface area (Å²) in [7, 11) is 0. The Morgan fingerprint density at radius 1 is 1.15 bits per heavy atom. The van der Waals surface area contributed by atoms with Gasteiger partial charge in [0.15, 0.2) is 5.13 Å². The fourth-order valence-corrected chi connectivity index (χ4v) is 5.51. The number of thiazole rings is 1. The lowest BCUT2D eigenvalue weighted by Crippen LogP contribution is -2.67. The molecule has 9 heteroatoms. The van der Waals surface area contributed by atoms with E-state index in [0.717, 1.165) is 11.3 Å². The highest BCUT2D eigenvalue weighted by atomic mass is 32.1. The van der Waals surface area contributed by atoms with Crippen molar-refractivity contribution in [3.63, 3.8) is 0 Å². The molecule has 0 bridgehead atoms. The van der Waals surface area contributed by atoms with E-state index in [2.05, 4.69) is 15.3 Å². The highest BCUT2D eigenvalue weighted by Gasteiger charge is 2.63. The van der Waals surface area contributed by atoms with Crippen molar-refractivity contribution in [3.8, 4) is 0 Å². The summed E-state index contributed by atoms with van der Waals surface area (Å²) in [5.41, 5.74) is 1.09. The lowest BCUT2D eigenvalue weighted by atomic mass is 9.63. The van der Waals surface area contributed by atoms with Crippen LogP contribution < -0.4 is 10.2 Å². The van der Waals surface area contributed by atoms with Crippen LogP contribution >= 0.6 is 11.3 Å². The van der Waals surface area contributed by atoms with Gasteiger partial charge in [-0.2, -0.15) is 0 Å². The minimum absolute atomic E-state index is 0.0489. The number of rotatable bonds is 4. The van der Waals surface area contributed by atoms with E-state index < -0.39 is 5.41 Å². The van der Waals surface area contributed by atoms with Crippen LogP contribution in [0.3, 0.4) is 0 Å². The number of likely N-dealkylation sites (tertiary alicyclic amines) is 1. The molecule has 33 heavy (non-hydrogen) atoms. The summed E-state index contributed by atoms with van der Waals surface area (Å²) in [5, 5.41) is 5.52. The number of piperidine rings is 1. The van der Waals surface area contributed by atoms with Crippen LogP contribution in [-0.2, 0) is 4.79 Å². The largest absolute Gasteiger partial charge is 0.331 e. The van der Waals surface area contributed by atoms with Crippen LogP contribution in [0.4, 0.5) is 14.3 Å². The van der Waals surface area contributed by atoms with Gasteiger partial charge in [0, 0.05) is 30.9 Å². The molecule has 2 fully saturated rings. The summed E-state index contributed by atoms with van der Waals surface area (Å²) < 4.78 is 13.2. The molecule has 170 valence electrons. The highest BCUT2D eigenvalue weighted by Crippen LogP contribution is 2.57. The van der Waals surface area contributed by atoms with Crippen LogP contribution in [0.1, 0.15) is 43.1 Å². The Labute approximate surface area is 195 Å². The van der Waals surface area contributed by atoms with E-state index in [4.69, 9.17) is 0 Å². The number of β-lactam (4-membered cyclic amide) rings is 1. The van der Waals surface area contributed by atoms with Crippen molar-refractivity contribution in [1.29, 1.82) is 0 Å². The first-order chi connectivity index (χ1) is 16.0. The molecule has 0 saturated carbocycles. The molecule has 1 spiro atoms. The minimum atomic E-state index is -0.584. The summed E-state index contributed by atoms with van der Waals surface area (Å²) in [6, 6.07) is 11.2. The predicted molar refractivity (Wildman–Crippen MR) is 123 cm³/mol. The van der Waals surface area contributed by atoms with Gasteiger partial charge >= 0.3 is 6.03 Å². The monoisotopic (exact) mass is 465 g/mol. The van der Waals surface area contributed by atoms with E-state index in [9.17, 15) is 14.0 Å². The number of amides is 3. The normalized spacial score (nSPS) is 20.4. The number of halogens is 1. The standard InChI is InChI=1S/C24H24FN5O2S/c1-16(17-5-7-18(25)8-6-17)28-22(32)29-13-9-24(10-14-29)20(19-4-2-3-11-26-19)30(21(24)31)23-27-12-15-33-23/h2-8,11-12,15-16,20H,9-10,13-14H2,1H3,(H,28,32)/t16-,20?/m0/s1. The molecule has 2 saturated heterocycles. The number of nitrogens with one attached hydrogen (secondary N) is 1. The third-order valence-corrected chi connectivity index (χ3v) is 7.44. The Morgan fingerprint density at radius 3 is 2.55 bits per heavy atom. The number of carbonyl (C=O) groups excluding carboxylic acids is 2. The van der Waals surface area contributed by atoms with Crippen molar-refractivity contribution >= 4 is 28.4 Å². The number of nitrogens with zero attached hydrogens (tertiary/aromatic N) is 4. The first kappa shape index (κ1) is 21.5. The van der Waals surface area contributed by atoms with Crippen LogP contribution in [-0.4, -0.2) is 39.9 Å². The number of hydrogen-bond acceptors (Lipinski definition) is 5. The SMILES string of the molecule is C[C@H](NC(=O)N1CCC2(CC1)C(=O)N(c1nccs1)C2c1ccccn1)c1ccc(F)cc1. The maximum absolute atomic E-state index is 13.4. The van der Waals surface area contributed by atoms with Gasteiger partial charge in [-0.1, -0.05) is 18.2 Å². The van der Waals surface area contributed by atoms with E-state index in [-0.39, 0.29) is 29.8 Å². The van der Waals surface area contributed by atoms with Gasteiger partial charge in [-0.3, -0.25) is 14.7 Å². The van der Waals surface area contributed by atoms with Gasteiger partial charge in [0.2, 0.25) is 5.91 Å². The number of benzene rings is 1. The molecule has 1 aromatic carbocycles. The molecule has 1 N–H and O–H groups in total. The second-order valence-corrected chi connectivity index (χ2v) is 9.39. The Bertz CT molecular complexity index is 1130. The van der Waals surface area contributed by atoms with Crippen LogP contribution in [0, 0.1) is 11.2 Å². The summed E-state index contributed by atoms with van der Waals surface area (Å²) in [5.74, 6) is -0.258. The van der Waals surface area contributed by atoms with E-state index in [0.29, 0.717) is 31.1 Å². The molecule has 3 aromatic rings. The van der Waals surface area contributed by atoms with Gasteiger partial charge in [-0.25, -0.2) is 14.2 Å².